The maximum absolute atomic E-state index is 10.7. The summed E-state index contributed by atoms with van der Waals surface area (Å²) >= 11 is 6.19. The van der Waals surface area contributed by atoms with Crippen molar-refractivity contribution in [3.63, 3.8) is 0 Å². The lowest BCUT2D eigenvalue weighted by Crippen LogP contribution is -2.37. The third kappa shape index (κ3) is 7.24. The average Bonchev–Trinajstić information content (AvgIpc) is 2.68. The molecule has 2 rings (SSSR count). The Morgan fingerprint density at radius 3 is 2.59 bits per heavy atom. The molecule has 0 bridgehead atoms. The SMILES string of the molecule is COCCCNC(=NCc1ccc([N+](=O)[O-])cc1)NCc1ccccc1Cl. The topological polar surface area (TPSA) is 88.8 Å². The van der Waals surface area contributed by atoms with E-state index in [0.29, 0.717) is 37.2 Å². The Hall–Kier alpha value is -2.64. The first kappa shape index (κ1) is 20.7. The van der Waals surface area contributed by atoms with Gasteiger partial charge < -0.3 is 15.4 Å². The normalized spacial score (nSPS) is 11.3. The monoisotopic (exact) mass is 390 g/mol. The molecule has 144 valence electrons. The summed E-state index contributed by atoms with van der Waals surface area (Å²) in [5, 5.41) is 17.9. The van der Waals surface area contributed by atoms with Gasteiger partial charge in [0.15, 0.2) is 5.96 Å². The van der Waals surface area contributed by atoms with Crippen LogP contribution in [0, 0.1) is 10.1 Å². The van der Waals surface area contributed by atoms with E-state index in [-0.39, 0.29) is 5.69 Å². The standard InChI is InChI=1S/C19H23ClN4O3/c1-27-12-4-11-21-19(23-14-16-5-2-3-6-18(16)20)22-13-15-7-9-17(10-8-15)24(25)26/h2-3,5-10H,4,11-14H2,1H3,(H2,21,22,23). The van der Waals surface area contributed by atoms with Crippen LogP contribution in [-0.4, -0.2) is 31.1 Å². The molecular formula is C19H23ClN4O3. The van der Waals surface area contributed by atoms with Crippen molar-refractivity contribution in [3.05, 3.63) is 74.8 Å². The van der Waals surface area contributed by atoms with Crippen molar-refractivity contribution >= 4 is 23.2 Å². The van der Waals surface area contributed by atoms with Gasteiger partial charge in [0.25, 0.3) is 5.69 Å². The molecule has 2 N–H and O–H groups in total. The number of hydrogen-bond acceptors (Lipinski definition) is 4. The van der Waals surface area contributed by atoms with Crippen LogP contribution in [0.1, 0.15) is 17.5 Å². The lowest BCUT2D eigenvalue weighted by atomic mass is 10.2. The zero-order valence-electron chi connectivity index (χ0n) is 15.2. The fourth-order valence-electron chi connectivity index (χ4n) is 2.31. The molecule has 0 unspecified atom stereocenters. The first-order chi connectivity index (χ1) is 13.1. The molecule has 8 heteroatoms. The highest BCUT2D eigenvalue weighted by Crippen LogP contribution is 2.14. The quantitative estimate of drug-likeness (QED) is 0.225. The second-order valence-corrected chi connectivity index (χ2v) is 6.21. The maximum Gasteiger partial charge on any atom is 0.269 e. The summed E-state index contributed by atoms with van der Waals surface area (Å²) in [4.78, 5) is 14.9. The highest BCUT2D eigenvalue weighted by atomic mass is 35.5. The van der Waals surface area contributed by atoms with Crippen LogP contribution in [0.15, 0.2) is 53.5 Å². The summed E-state index contributed by atoms with van der Waals surface area (Å²) < 4.78 is 5.06. The number of rotatable bonds is 9. The molecule has 2 aromatic rings. The minimum absolute atomic E-state index is 0.0671. The van der Waals surface area contributed by atoms with E-state index in [4.69, 9.17) is 16.3 Å². The highest BCUT2D eigenvalue weighted by Gasteiger charge is 2.05. The minimum Gasteiger partial charge on any atom is -0.385 e. The fraction of sp³-hybridized carbons (Fsp3) is 0.316. The van der Waals surface area contributed by atoms with Gasteiger partial charge in [0.05, 0.1) is 11.5 Å². The van der Waals surface area contributed by atoms with Crippen LogP contribution in [0.5, 0.6) is 0 Å². The van der Waals surface area contributed by atoms with E-state index in [2.05, 4.69) is 15.6 Å². The summed E-state index contributed by atoms with van der Waals surface area (Å²) in [6.07, 6.45) is 0.848. The first-order valence-corrected chi connectivity index (χ1v) is 8.96. The van der Waals surface area contributed by atoms with Gasteiger partial charge in [-0.15, -0.1) is 0 Å². The third-order valence-corrected chi connectivity index (χ3v) is 4.16. The number of nitro benzene ring substituents is 1. The zero-order chi connectivity index (χ0) is 19.5. The molecule has 2 aromatic carbocycles. The van der Waals surface area contributed by atoms with Crippen LogP contribution >= 0.6 is 11.6 Å². The van der Waals surface area contributed by atoms with Gasteiger partial charge in [-0.05, 0) is 23.6 Å². The van der Waals surface area contributed by atoms with Crippen molar-refractivity contribution in [3.8, 4) is 0 Å². The molecule has 0 atom stereocenters. The van der Waals surface area contributed by atoms with Crippen LogP contribution in [-0.2, 0) is 17.8 Å². The molecule has 0 heterocycles. The van der Waals surface area contributed by atoms with E-state index in [1.54, 1.807) is 19.2 Å². The Balaban J connectivity index is 2.00. The van der Waals surface area contributed by atoms with E-state index < -0.39 is 4.92 Å². The van der Waals surface area contributed by atoms with Gasteiger partial charge in [-0.2, -0.15) is 0 Å². The molecule has 0 aliphatic carbocycles. The Labute approximate surface area is 163 Å². The number of benzene rings is 2. The molecular weight excluding hydrogens is 368 g/mol. The van der Waals surface area contributed by atoms with E-state index in [1.165, 1.54) is 12.1 Å². The Bertz CT molecular complexity index is 766. The largest absolute Gasteiger partial charge is 0.385 e. The summed E-state index contributed by atoms with van der Waals surface area (Å²) in [6.45, 7) is 2.31. The van der Waals surface area contributed by atoms with E-state index in [9.17, 15) is 10.1 Å². The van der Waals surface area contributed by atoms with Gasteiger partial charge in [-0.3, -0.25) is 10.1 Å². The van der Waals surface area contributed by atoms with Gasteiger partial charge in [-0.25, -0.2) is 4.99 Å². The molecule has 7 nitrogen and oxygen atoms in total. The second kappa shape index (κ2) is 11.2. The highest BCUT2D eigenvalue weighted by molar-refractivity contribution is 6.31. The number of ether oxygens (including phenoxy) is 1. The van der Waals surface area contributed by atoms with Crippen LogP contribution < -0.4 is 10.6 Å². The van der Waals surface area contributed by atoms with Gasteiger partial charge in [0.1, 0.15) is 0 Å². The number of methoxy groups -OCH3 is 1. The lowest BCUT2D eigenvalue weighted by molar-refractivity contribution is -0.384. The van der Waals surface area contributed by atoms with Crippen molar-refractivity contribution in [2.45, 2.75) is 19.5 Å². The van der Waals surface area contributed by atoms with Crippen molar-refractivity contribution in [1.29, 1.82) is 0 Å². The minimum atomic E-state index is -0.416. The molecule has 0 amide bonds. The van der Waals surface area contributed by atoms with Crippen molar-refractivity contribution in [2.75, 3.05) is 20.3 Å². The molecule has 0 aromatic heterocycles. The van der Waals surface area contributed by atoms with Gasteiger partial charge in [0, 0.05) is 44.0 Å². The van der Waals surface area contributed by atoms with Crippen molar-refractivity contribution in [1.82, 2.24) is 10.6 Å². The molecule has 0 saturated heterocycles. The third-order valence-electron chi connectivity index (χ3n) is 3.79. The summed E-state index contributed by atoms with van der Waals surface area (Å²) in [7, 11) is 1.67. The van der Waals surface area contributed by atoms with Crippen LogP contribution in [0.4, 0.5) is 5.69 Å². The van der Waals surface area contributed by atoms with Crippen LogP contribution in [0.2, 0.25) is 5.02 Å². The molecule has 0 spiro atoms. The number of nitrogens with one attached hydrogen (secondary N) is 2. The molecule has 0 saturated carbocycles. The summed E-state index contributed by atoms with van der Waals surface area (Å²) in [6, 6.07) is 14.0. The zero-order valence-corrected chi connectivity index (χ0v) is 15.9. The molecule has 0 radical (unpaired) electrons. The Morgan fingerprint density at radius 1 is 1.19 bits per heavy atom. The number of hydrogen-bond donors (Lipinski definition) is 2. The molecule has 27 heavy (non-hydrogen) atoms. The van der Waals surface area contributed by atoms with Crippen LogP contribution in [0.25, 0.3) is 0 Å². The maximum atomic E-state index is 10.7. The number of aliphatic imine (C=N–C) groups is 1. The van der Waals surface area contributed by atoms with Crippen molar-refractivity contribution in [2.24, 2.45) is 4.99 Å². The summed E-state index contributed by atoms with van der Waals surface area (Å²) in [5.41, 5.74) is 1.93. The Morgan fingerprint density at radius 2 is 1.93 bits per heavy atom. The molecule has 0 aliphatic heterocycles. The average molecular weight is 391 g/mol. The smallest absolute Gasteiger partial charge is 0.269 e. The molecule has 0 aliphatic rings. The second-order valence-electron chi connectivity index (χ2n) is 5.81. The van der Waals surface area contributed by atoms with Gasteiger partial charge in [-0.1, -0.05) is 41.9 Å². The van der Waals surface area contributed by atoms with Crippen molar-refractivity contribution < 1.29 is 9.66 Å². The van der Waals surface area contributed by atoms with Crippen LogP contribution in [0.3, 0.4) is 0 Å². The number of nitrogens with zero attached hydrogens (tertiary/aromatic N) is 2. The van der Waals surface area contributed by atoms with Gasteiger partial charge in [0.2, 0.25) is 0 Å². The van der Waals surface area contributed by atoms with E-state index in [1.807, 2.05) is 24.3 Å². The Kier molecular flexibility index (Phi) is 8.54. The lowest BCUT2D eigenvalue weighted by Gasteiger charge is -2.13. The first-order valence-electron chi connectivity index (χ1n) is 8.58. The fourth-order valence-corrected chi connectivity index (χ4v) is 2.51. The van der Waals surface area contributed by atoms with E-state index >= 15 is 0 Å². The number of nitro groups is 1. The van der Waals surface area contributed by atoms with Gasteiger partial charge >= 0.3 is 0 Å². The predicted molar refractivity (Wildman–Crippen MR) is 107 cm³/mol. The number of guanidine groups is 1. The predicted octanol–water partition coefficient (Wildman–Crippen LogP) is 3.52. The van der Waals surface area contributed by atoms with E-state index in [0.717, 1.165) is 17.5 Å². The summed E-state index contributed by atoms with van der Waals surface area (Å²) in [5.74, 6) is 0.643. The number of non-ortho nitro benzene ring substituents is 1. The molecule has 0 fully saturated rings. The number of halogens is 1.